The van der Waals surface area contributed by atoms with Crippen LogP contribution in [0.3, 0.4) is 0 Å². The van der Waals surface area contributed by atoms with Crippen LogP contribution in [0.15, 0.2) is 0 Å². The van der Waals surface area contributed by atoms with Crippen molar-refractivity contribution in [2.45, 2.75) is 84.7 Å². The molecule has 4 fully saturated rings. The summed E-state index contributed by atoms with van der Waals surface area (Å²) in [6.07, 6.45) is 12.3. The van der Waals surface area contributed by atoms with Gasteiger partial charge in [-0.25, -0.2) is 0 Å². The maximum Gasteiger partial charge on any atom is 0.0793 e. The smallest absolute Gasteiger partial charge is 0.0793 e. The van der Waals surface area contributed by atoms with Gasteiger partial charge in [0.25, 0.3) is 0 Å². The normalized spacial score (nSPS) is 52.5. The van der Waals surface area contributed by atoms with Gasteiger partial charge in [-0.05, 0) is 121 Å². The molecule has 0 aromatic heterocycles. The van der Waals surface area contributed by atoms with E-state index in [4.69, 9.17) is 4.52 Å². The van der Waals surface area contributed by atoms with Crippen LogP contribution in [0, 0.1) is 46.3 Å². The first-order valence-electron chi connectivity index (χ1n) is 11.1. The molecule has 10 unspecified atom stereocenters. The SMILES string of the molecule is CC1CCC2(COPI)C(CCC3C4CCC(C(C)O)C4(C)CCC32)C1. The van der Waals surface area contributed by atoms with E-state index in [9.17, 15) is 5.11 Å². The van der Waals surface area contributed by atoms with Gasteiger partial charge in [0.2, 0.25) is 0 Å². The molecule has 4 saturated carbocycles. The number of halogens is 1. The van der Waals surface area contributed by atoms with Gasteiger partial charge in [-0.2, -0.15) is 0 Å². The molecular formula is C22H38IO2P. The minimum atomic E-state index is -0.133. The molecule has 1 N–H and O–H groups in total. The third kappa shape index (κ3) is 3.14. The third-order valence-corrected chi connectivity index (χ3v) is 10.9. The van der Waals surface area contributed by atoms with Crippen LogP contribution in [-0.2, 0) is 4.52 Å². The summed E-state index contributed by atoms with van der Waals surface area (Å²) in [4.78, 5) is 0. The molecule has 10 atom stereocenters. The molecule has 0 heterocycles. The van der Waals surface area contributed by atoms with Crippen LogP contribution in [0.4, 0.5) is 0 Å². The quantitative estimate of drug-likeness (QED) is 0.354. The van der Waals surface area contributed by atoms with E-state index in [-0.39, 0.29) is 6.10 Å². The number of hydrogen-bond acceptors (Lipinski definition) is 2. The van der Waals surface area contributed by atoms with Crippen molar-refractivity contribution < 1.29 is 9.63 Å². The molecule has 2 nitrogen and oxygen atoms in total. The molecule has 4 heteroatoms. The van der Waals surface area contributed by atoms with E-state index in [1.54, 1.807) is 0 Å². The molecule has 0 amide bonds. The molecule has 4 aliphatic rings. The van der Waals surface area contributed by atoms with Gasteiger partial charge in [-0.3, -0.25) is 0 Å². The van der Waals surface area contributed by atoms with Crippen LogP contribution in [0.1, 0.15) is 78.6 Å². The van der Waals surface area contributed by atoms with Gasteiger partial charge < -0.3 is 9.63 Å². The van der Waals surface area contributed by atoms with E-state index in [2.05, 4.69) is 35.9 Å². The lowest BCUT2D eigenvalue weighted by molar-refractivity contribution is -0.144. The zero-order chi connectivity index (χ0) is 18.5. The molecule has 0 bridgehead atoms. The highest BCUT2D eigenvalue weighted by molar-refractivity contribution is 14.2. The van der Waals surface area contributed by atoms with E-state index in [1.807, 2.05) is 6.92 Å². The minimum absolute atomic E-state index is 0.133. The molecule has 0 radical (unpaired) electrons. The molecule has 26 heavy (non-hydrogen) atoms. The Morgan fingerprint density at radius 2 is 1.92 bits per heavy atom. The average molecular weight is 492 g/mol. The molecule has 4 rings (SSSR count). The van der Waals surface area contributed by atoms with Gasteiger partial charge in [0, 0.05) is 5.41 Å². The first kappa shape index (κ1) is 20.4. The predicted octanol–water partition coefficient (Wildman–Crippen LogP) is 6.60. The van der Waals surface area contributed by atoms with Crippen LogP contribution in [0.5, 0.6) is 0 Å². The van der Waals surface area contributed by atoms with Gasteiger partial charge in [0.1, 0.15) is 0 Å². The third-order valence-electron chi connectivity index (χ3n) is 9.68. The van der Waals surface area contributed by atoms with Crippen molar-refractivity contribution in [1.29, 1.82) is 0 Å². The standard InChI is InChI=1S/C22H38IO2P/c1-14-8-11-22(13-25-26-23)16(12-14)4-5-17-19-7-6-18(15(2)24)21(19,3)10-9-20(17)22/h14-20,24,26H,4-13H2,1-3H3. The summed E-state index contributed by atoms with van der Waals surface area (Å²) in [6, 6.07) is 0. The lowest BCUT2D eigenvalue weighted by Crippen LogP contribution is -2.56. The lowest BCUT2D eigenvalue weighted by atomic mass is 9.44. The minimum Gasteiger partial charge on any atom is -0.393 e. The van der Waals surface area contributed by atoms with E-state index in [0.29, 0.717) is 23.2 Å². The second-order valence-electron chi connectivity index (χ2n) is 10.6. The van der Waals surface area contributed by atoms with E-state index < -0.39 is 0 Å². The Kier molecular flexibility index (Phi) is 6.05. The Bertz CT molecular complexity index is 510. The van der Waals surface area contributed by atoms with Gasteiger partial charge in [0.15, 0.2) is 0 Å². The Hall–Kier alpha value is 1.08. The fraction of sp³-hybridized carbons (Fsp3) is 1.00. The number of aliphatic hydroxyl groups is 1. The zero-order valence-corrected chi connectivity index (χ0v) is 20.0. The van der Waals surface area contributed by atoms with Crippen molar-refractivity contribution in [3.8, 4) is 0 Å². The lowest BCUT2D eigenvalue weighted by Gasteiger charge is -2.62. The summed E-state index contributed by atoms with van der Waals surface area (Å²) in [7, 11) is 0. The number of rotatable bonds is 4. The topological polar surface area (TPSA) is 29.5 Å². The van der Waals surface area contributed by atoms with Crippen molar-refractivity contribution in [1.82, 2.24) is 0 Å². The highest BCUT2D eigenvalue weighted by atomic mass is 127. The summed E-state index contributed by atoms with van der Waals surface area (Å²) in [5, 5.41) is 10.4. The number of fused-ring (bicyclic) bond motifs is 5. The Balaban J connectivity index is 1.62. The van der Waals surface area contributed by atoms with Crippen molar-refractivity contribution in [2.75, 3.05) is 6.61 Å². The van der Waals surface area contributed by atoms with Crippen LogP contribution in [0.2, 0.25) is 0 Å². The molecule has 0 aromatic rings. The van der Waals surface area contributed by atoms with E-state index in [0.717, 1.165) is 36.2 Å². The molecule has 0 saturated heterocycles. The summed E-state index contributed by atoms with van der Waals surface area (Å²) < 4.78 is 6.19. The monoisotopic (exact) mass is 492 g/mol. The van der Waals surface area contributed by atoms with Crippen LogP contribution >= 0.6 is 28.5 Å². The van der Waals surface area contributed by atoms with Crippen LogP contribution in [0.25, 0.3) is 0 Å². The Labute approximate surface area is 175 Å². The second kappa shape index (κ2) is 7.73. The van der Waals surface area contributed by atoms with E-state index in [1.165, 1.54) is 57.8 Å². The largest absolute Gasteiger partial charge is 0.393 e. The van der Waals surface area contributed by atoms with Gasteiger partial charge in [-0.1, -0.05) is 20.3 Å². The first-order valence-corrected chi connectivity index (χ1v) is 15.1. The van der Waals surface area contributed by atoms with Crippen molar-refractivity contribution >= 4 is 28.5 Å². The fourth-order valence-corrected chi connectivity index (χ4v) is 9.33. The van der Waals surface area contributed by atoms with Gasteiger partial charge in [-0.15, -0.1) is 0 Å². The van der Waals surface area contributed by atoms with Crippen molar-refractivity contribution in [2.24, 2.45) is 46.3 Å². The molecule has 0 aromatic carbocycles. The Morgan fingerprint density at radius 3 is 2.65 bits per heavy atom. The molecule has 0 spiro atoms. The number of hydrogen-bond donors (Lipinski definition) is 1. The Morgan fingerprint density at radius 1 is 1.12 bits per heavy atom. The second-order valence-corrected chi connectivity index (χ2v) is 12.4. The van der Waals surface area contributed by atoms with Crippen molar-refractivity contribution in [3.63, 3.8) is 0 Å². The molecule has 4 aliphatic carbocycles. The van der Waals surface area contributed by atoms with Crippen LogP contribution < -0.4 is 0 Å². The first-order chi connectivity index (χ1) is 12.4. The maximum absolute atomic E-state index is 10.4. The average Bonchev–Trinajstić information content (AvgIpc) is 2.97. The molecule has 150 valence electrons. The molecular weight excluding hydrogens is 454 g/mol. The predicted molar refractivity (Wildman–Crippen MR) is 119 cm³/mol. The van der Waals surface area contributed by atoms with Crippen LogP contribution in [-0.4, -0.2) is 17.8 Å². The zero-order valence-electron chi connectivity index (χ0n) is 16.8. The maximum atomic E-state index is 10.4. The molecule has 0 aliphatic heterocycles. The van der Waals surface area contributed by atoms with Gasteiger partial charge in [0.05, 0.1) is 19.2 Å². The summed E-state index contributed by atoms with van der Waals surface area (Å²) in [5.74, 6) is 4.96. The van der Waals surface area contributed by atoms with Crippen molar-refractivity contribution in [3.05, 3.63) is 0 Å². The fourth-order valence-electron chi connectivity index (χ4n) is 8.54. The summed E-state index contributed by atoms with van der Waals surface area (Å²) in [6.45, 7) is 8.67. The highest BCUT2D eigenvalue weighted by Gasteiger charge is 2.61. The van der Waals surface area contributed by atoms with Gasteiger partial charge >= 0.3 is 0 Å². The summed E-state index contributed by atoms with van der Waals surface area (Å²) >= 11 is 2.41. The highest BCUT2D eigenvalue weighted by Crippen LogP contribution is 2.68. The summed E-state index contributed by atoms with van der Waals surface area (Å²) in [5.41, 5.74) is 0.856. The number of aliphatic hydroxyl groups excluding tert-OH is 1. The van der Waals surface area contributed by atoms with E-state index >= 15 is 0 Å².